The van der Waals surface area contributed by atoms with Gasteiger partial charge in [0, 0.05) is 44.1 Å². The van der Waals surface area contributed by atoms with E-state index in [0.29, 0.717) is 11.8 Å². The molecule has 3 aliphatic rings. The normalized spacial score (nSPS) is 33.9. The number of aliphatic carboxylic acids is 1. The number of thioether (sulfide) groups is 1. The van der Waals surface area contributed by atoms with Crippen LogP contribution in [0.2, 0.25) is 0 Å². The molecule has 0 saturated carbocycles. The van der Waals surface area contributed by atoms with Crippen molar-refractivity contribution in [2.75, 3.05) is 5.75 Å². The molecule has 3 fully saturated rings. The second-order valence-corrected chi connectivity index (χ2v) is 11.4. The van der Waals surface area contributed by atoms with E-state index in [4.69, 9.17) is 15.6 Å². The summed E-state index contributed by atoms with van der Waals surface area (Å²) in [5, 5.41) is 43.6. The number of hydrogen-bond acceptors (Lipinski definition) is 10. The van der Waals surface area contributed by atoms with Gasteiger partial charge in [0.05, 0.1) is 30.1 Å². The number of hydrogen-bond donors (Lipinski definition) is 6. The number of carbonyl (C=O) groups is 5. The van der Waals surface area contributed by atoms with Gasteiger partial charge in [0.15, 0.2) is 5.54 Å². The van der Waals surface area contributed by atoms with Gasteiger partial charge in [0.1, 0.15) is 6.10 Å². The number of rotatable bonds is 8. The minimum absolute atomic E-state index is 0. The van der Waals surface area contributed by atoms with Crippen molar-refractivity contribution in [3.63, 3.8) is 0 Å². The van der Waals surface area contributed by atoms with Gasteiger partial charge in [-0.25, -0.2) is 4.79 Å². The van der Waals surface area contributed by atoms with Crippen molar-refractivity contribution < 1.29 is 93.2 Å². The maximum absolute atomic E-state index is 12.5. The van der Waals surface area contributed by atoms with Gasteiger partial charge in [-0.1, -0.05) is 46.4 Å². The van der Waals surface area contributed by atoms with Gasteiger partial charge in [-0.15, -0.1) is 0 Å². The molecule has 0 aromatic rings. The number of amides is 2. The zero-order valence-electron chi connectivity index (χ0n) is 22.1. The van der Waals surface area contributed by atoms with Crippen molar-refractivity contribution >= 4 is 40.6 Å². The number of carboxylic acids is 1. The molecular formula is C23H36AcN3O10S-. The van der Waals surface area contributed by atoms with Gasteiger partial charge in [-0.2, -0.15) is 0 Å². The minimum atomic E-state index is -1.88. The van der Waals surface area contributed by atoms with E-state index >= 15 is 0 Å². The molecule has 3 aliphatic heterocycles. The van der Waals surface area contributed by atoms with E-state index in [1.807, 2.05) is 0 Å². The zero-order valence-corrected chi connectivity index (χ0v) is 27.7. The van der Waals surface area contributed by atoms with E-state index in [0.717, 1.165) is 0 Å². The number of ether oxygens (including phenoxy) is 1. The molecule has 15 heteroatoms. The maximum atomic E-state index is 12.5. The first-order valence-corrected chi connectivity index (χ1v) is 13.0. The quantitative estimate of drug-likeness (QED) is 0.165. The molecule has 3 saturated heterocycles. The third-order valence-electron chi connectivity index (χ3n) is 7.11. The van der Waals surface area contributed by atoms with E-state index in [1.165, 1.54) is 6.92 Å². The first-order valence-electron chi connectivity index (χ1n) is 12.0. The molecule has 9 atom stereocenters. The Morgan fingerprint density at radius 3 is 1.87 bits per heavy atom. The number of fused-ring (bicyclic) bond motifs is 1. The standard InChI is InChI=1S/C13H21N2O6S.C10H15NO4.Ac/c1-5(2)8(16)13(9(17)6(3)10(18)15-13)12(21)22-4-7(14)11(19)20;1-4(2)6(12)10-7(15-9(10)14)5(3)8(13)11-10;/h5-9,14,16-17H,4H2,1-3H3,(H,15,18)(H,19,20);4-7,12H,1-3H3,(H,11,13);/q-1;;/t6?,7?,8?,9?,13-;5-,6+,7?,10?;/m11./s1. The fraction of sp³-hybridized carbons (Fsp3) is 0.783. The Bertz CT molecular complexity index is 952. The second kappa shape index (κ2) is 13.2. The van der Waals surface area contributed by atoms with Crippen molar-refractivity contribution in [2.45, 2.75) is 83.1 Å². The Labute approximate surface area is 260 Å². The van der Waals surface area contributed by atoms with Crippen molar-refractivity contribution in [3.8, 4) is 0 Å². The molecule has 0 spiro atoms. The van der Waals surface area contributed by atoms with E-state index in [2.05, 4.69) is 10.6 Å². The maximum Gasteiger partial charge on any atom is 0.338 e. The molecule has 1 radical (unpaired) electrons. The van der Waals surface area contributed by atoms with Crippen LogP contribution in [0.3, 0.4) is 0 Å². The summed E-state index contributed by atoms with van der Waals surface area (Å²) in [5.41, 5.74) is 4.22. The fourth-order valence-corrected chi connectivity index (χ4v) is 5.66. The first kappa shape index (κ1) is 35.2. The summed E-state index contributed by atoms with van der Waals surface area (Å²) in [4.78, 5) is 57.9. The predicted octanol–water partition coefficient (Wildman–Crippen LogP) is -0.932. The summed E-state index contributed by atoms with van der Waals surface area (Å²) in [7, 11) is 0. The summed E-state index contributed by atoms with van der Waals surface area (Å²) in [5.74, 6) is -4.79. The van der Waals surface area contributed by atoms with Crippen molar-refractivity contribution in [1.82, 2.24) is 10.6 Å². The summed E-state index contributed by atoms with van der Waals surface area (Å²) >= 11 is 0.521. The number of nitrogens with one attached hydrogen (secondary N) is 3. The third-order valence-corrected chi connectivity index (χ3v) is 8.21. The van der Waals surface area contributed by atoms with Crippen LogP contribution in [-0.2, 0) is 28.7 Å². The number of aliphatic hydroxyl groups excluding tert-OH is 3. The molecule has 38 heavy (non-hydrogen) atoms. The van der Waals surface area contributed by atoms with E-state index in [1.54, 1.807) is 34.6 Å². The topological polar surface area (TPSA) is 223 Å². The largest absolute Gasteiger partial charge is 0.665 e. The van der Waals surface area contributed by atoms with E-state index in [-0.39, 0.29) is 67.6 Å². The predicted molar refractivity (Wildman–Crippen MR) is 131 cm³/mol. The molecule has 0 aromatic heterocycles. The zero-order chi connectivity index (χ0) is 28.6. The molecule has 2 amide bonds. The van der Waals surface area contributed by atoms with Crippen molar-refractivity contribution in [3.05, 3.63) is 5.73 Å². The molecule has 0 aliphatic carbocycles. The number of carboxylic acid groups (broad SMARTS) is 1. The number of carbonyl (C=O) groups excluding carboxylic acids is 4. The monoisotopic (exact) mass is 773 g/mol. The van der Waals surface area contributed by atoms with Gasteiger partial charge in [0.25, 0.3) is 5.97 Å². The molecule has 7 N–H and O–H groups in total. The van der Waals surface area contributed by atoms with Gasteiger partial charge in [-0.3, -0.25) is 19.2 Å². The molecular weight excluding hydrogens is 737 g/mol. The number of aliphatic hydroxyl groups is 3. The Morgan fingerprint density at radius 1 is 1.00 bits per heavy atom. The average molecular weight is 774 g/mol. The molecule has 3 rings (SSSR count). The van der Waals surface area contributed by atoms with E-state index < -0.39 is 76.3 Å². The molecule has 6 unspecified atom stereocenters. The van der Waals surface area contributed by atoms with E-state index in [9.17, 15) is 39.3 Å². The van der Waals surface area contributed by atoms with Gasteiger partial charge >= 0.3 is 5.97 Å². The smallest absolute Gasteiger partial charge is 0.338 e. The van der Waals surface area contributed by atoms with Crippen LogP contribution in [0.15, 0.2) is 0 Å². The minimum Gasteiger partial charge on any atom is -0.665 e. The first-order chi connectivity index (χ1) is 17.0. The molecule has 3 heterocycles. The second-order valence-electron chi connectivity index (χ2n) is 10.4. The molecule has 13 nitrogen and oxygen atoms in total. The van der Waals surface area contributed by atoms with Crippen LogP contribution in [0, 0.1) is 67.7 Å². The van der Waals surface area contributed by atoms with Gasteiger partial charge < -0.3 is 41.5 Å². The van der Waals surface area contributed by atoms with Crippen LogP contribution in [0.25, 0.3) is 5.73 Å². The Morgan fingerprint density at radius 2 is 1.50 bits per heavy atom. The van der Waals surface area contributed by atoms with Crippen LogP contribution < -0.4 is 10.6 Å². The summed E-state index contributed by atoms with van der Waals surface area (Å²) in [6.07, 6.45) is -4.16. The number of esters is 1. The Kier molecular flexibility index (Phi) is 12.3. The van der Waals surface area contributed by atoms with Gasteiger partial charge in [0.2, 0.25) is 22.5 Å². The van der Waals surface area contributed by atoms with Crippen LogP contribution in [-0.4, -0.2) is 96.6 Å². The summed E-state index contributed by atoms with van der Waals surface area (Å²) in [6, 6.07) is -1.51. The molecule has 213 valence electrons. The van der Waals surface area contributed by atoms with Crippen molar-refractivity contribution in [2.24, 2.45) is 23.7 Å². The average Bonchev–Trinajstić information content (AvgIpc) is 3.18. The molecule has 0 bridgehead atoms. The third kappa shape index (κ3) is 6.09. The van der Waals surface area contributed by atoms with Crippen LogP contribution in [0.4, 0.5) is 0 Å². The SMILES string of the molecule is CC(C)C(O)[C@@]1(C(=O)SCC([NH-])C(=O)O)NC(=O)C(C)C1O.CC(C)[C@H](O)C12NC(=O)[C@H](C)C1OC2=O.[Ac]. The van der Waals surface area contributed by atoms with Crippen LogP contribution >= 0.6 is 11.8 Å². The van der Waals surface area contributed by atoms with Gasteiger partial charge in [-0.05, 0) is 30.6 Å². The Hall–Kier alpha value is -0.818. The summed E-state index contributed by atoms with van der Waals surface area (Å²) < 4.78 is 4.94. The van der Waals surface area contributed by atoms with Crippen LogP contribution in [0.1, 0.15) is 41.5 Å². The summed E-state index contributed by atoms with van der Waals surface area (Å²) in [6.45, 7) is 10.0. The molecule has 0 aromatic carbocycles. The fourth-order valence-electron chi connectivity index (χ4n) is 4.67. The van der Waals surface area contributed by atoms with Crippen LogP contribution in [0.5, 0.6) is 0 Å². The van der Waals surface area contributed by atoms with Crippen molar-refractivity contribution in [1.29, 1.82) is 0 Å². The Balaban J connectivity index is 0.000000393.